The lowest BCUT2D eigenvalue weighted by atomic mass is 9.92. The average molecular weight is 314 g/mol. The lowest BCUT2D eigenvalue weighted by Crippen LogP contribution is -2.34. The Morgan fingerprint density at radius 2 is 2.22 bits per heavy atom. The molecule has 1 saturated carbocycles. The maximum atomic E-state index is 13.6. The van der Waals surface area contributed by atoms with Crippen LogP contribution in [0.25, 0.3) is 0 Å². The Kier molecular flexibility index (Phi) is 3.76. The van der Waals surface area contributed by atoms with E-state index in [0.717, 1.165) is 19.3 Å². The van der Waals surface area contributed by atoms with Gasteiger partial charge in [-0.2, -0.15) is 0 Å². The molecule has 4 heteroatoms. The summed E-state index contributed by atoms with van der Waals surface area (Å²) in [5, 5.41) is 2.92. The molecule has 1 amide bonds. The first kappa shape index (κ1) is 13.5. The average Bonchev–Trinajstić information content (AvgIpc) is 2.57. The molecule has 0 aromatic heterocycles. The van der Waals surface area contributed by atoms with Crippen LogP contribution in [-0.4, -0.2) is 11.9 Å². The third-order valence-corrected chi connectivity index (χ3v) is 3.97. The third kappa shape index (κ3) is 3.10. The number of benzene rings is 1. The Hall–Kier alpha value is -0.900. The van der Waals surface area contributed by atoms with Crippen molar-refractivity contribution in [2.24, 2.45) is 5.41 Å². The zero-order chi connectivity index (χ0) is 13.3. The van der Waals surface area contributed by atoms with Crippen molar-refractivity contribution in [1.82, 2.24) is 5.32 Å². The number of hydrogen-bond acceptors (Lipinski definition) is 1. The molecule has 1 aliphatic rings. The molecule has 98 valence electrons. The first-order valence-electron chi connectivity index (χ1n) is 6.13. The van der Waals surface area contributed by atoms with E-state index in [2.05, 4.69) is 35.1 Å². The van der Waals surface area contributed by atoms with Crippen molar-refractivity contribution < 1.29 is 9.18 Å². The number of nitrogens with one attached hydrogen (secondary N) is 1. The Morgan fingerprint density at radius 1 is 1.50 bits per heavy atom. The summed E-state index contributed by atoms with van der Waals surface area (Å²) < 4.78 is 14.3. The van der Waals surface area contributed by atoms with E-state index in [1.165, 1.54) is 12.1 Å². The van der Waals surface area contributed by atoms with Crippen LogP contribution in [0, 0.1) is 11.2 Å². The van der Waals surface area contributed by atoms with Gasteiger partial charge in [-0.15, -0.1) is 0 Å². The van der Waals surface area contributed by atoms with Crippen LogP contribution >= 0.6 is 15.9 Å². The fourth-order valence-corrected chi connectivity index (χ4v) is 2.83. The molecule has 1 unspecified atom stereocenters. The topological polar surface area (TPSA) is 29.1 Å². The first-order chi connectivity index (χ1) is 8.37. The highest BCUT2D eigenvalue weighted by atomic mass is 79.9. The number of amides is 1. The summed E-state index contributed by atoms with van der Waals surface area (Å²) in [6, 6.07) is 4.66. The van der Waals surface area contributed by atoms with Crippen molar-refractivity contribution in [2.45, 2.75) is 39.2 Å². The minimum atomic E-state index is -0.487. The Labute approximate surface area is 115 Å². The SMILES string of the molecule is CC1(C)CCC(NC(=O)c2ccc(Br)cc2F)C1. The Morgan fingerprint density at radius 3 is 2.78 bits per heavy atom. The van der Waals surface area contributed by atoms with Gasteiger partial charge < -0.3 is 5.32 Å². The normalized spacial score (nSPS) is 21.9. The van der Waals surface area contributed by atoms with Crippen LogP contribution in [0.15, 0.2) is 22.7 Å². The van der Waals surface area contributed by atoms with Crippen molar-refractivity contribution in [3.8, 4) is 0 Å². The predicted molar refractivity (Wildman–Crippen MR) is 73.0 cm³/mol. The van der Waals surface area contributed by atoms with Crippen LogP contribution < -0.4 is 5.32 Å². The van der Waals surface area contributed by atoms with E-state index in [-0.39, 0.29) is 22.9 Å². The maximum Gasteiger partial charge on any atom is 0.254 e. The molecule has 1 aromatic carbocycles. The second kappa shape index (κ2) is 5.00. The summed E-state index contributed by atoms with van der Waals surface area (Å²) in [5.74, 6) is -0.804. The molecular formula is C14H17BrFNO. The summed E-state index contributed by atoms with van der Waals surface area (Å²) in [4.78, 5) is 12.0. The zero-order valence-corrected chi connectivity index (χ0v) is 12.2. The van der Waals surface area contributed by atoms with E-state index < -0.39 is 5.82 Å². The minimum absolute atomic E-state index is 0.114. The summed E-state index contributed by atoms with van der Waals surface area (Å²) in [6.07, 6.45) is 3.02. The fourth-order valence-electron chi connectivity index (χ4n) is 2.50. The van der Waals surface area contributed by atoms with Crippen LogP contribution in [0.4, 0.5) is 4.39 Å². The van der Waals surface area contributed by atoms with Crippen molar-refractivity contribution >= 4 is 21.8 Å². The minimum Gasteiger partial charge on any atom is -0.349 e. The molecule has 18 heavy (non-hydrogen) atoms. The number of rotatable bonds is 2. The molecule has 1 aliphatic carbocycles. The maximum absolute atomic E-state index is 13.6. The lowest BCUT2D eigenvalue weighted by Gasteiger charge is -2.18. The highest BCUT2D eigenvalue weighted by Gasteiger charge is 2.32. The largest absolute Gasteiger partial charge is 0.349 e. The molecule has 1 N–H and O–H groups in total. The Balaban J connectivity index is 2.04. The van der Waals surface area contributed by atoms with Gasteiger partial charge in [0.05, 0.1) is 5.56 Å². The van der Waals surface area contributed by atoms with Gasteiger partial charge in [0.1, 0.15) is 5.82 Å². The monoisotopic (exact) mass is 313 g/mol. The van der Waals surface area contributed by atoms with Crippen LogP contribution in [0.1, 0.15) is 43.5 Å². The highest BCUT2D eigenvalue weighted by molar-refractivity contribution is 9.10. The molecule has 2 nitrogen and oxygen atoms in total. The quantitative estimate of drug-likeness (QED) is 0.881. The smallest absolute Gasteiger partial charge is 0.254 e. The highest BCUT2D eigenvalue weighted by Crippen LogP contribution is 2.37. The zero-order valence-electron chi connectivity index (χ0n) is 10.6. The summed E-state index contributed by atoms with van der Waals surface area (Å²) >= 11 is 3.18. The van der Waals surface area contributed by atoms with Gasteiger partial charge >= 0.3 is 0 Å². The molecule has 0 saturated heterocycles. The molecule has 1 atom stereocenters. The molecule has 0 heterocycles. The molecule has 0 spiro atoms. The Bertz CT molecular complexity index is 473. The van der Waals surface area contributed by atoms with Gasteiger partial charge in [0.15, 0.2) is 0 Å². The van der Waals surface area contributed by atoms with E-state index >= 15 is 0 Å². The number of carbonyl (C=O) groups excluding carboxylic acids is 1. The van der Waals surface area contributed by atoms with Gasteiger partial charge in [-0.3, -0.25) is 4.79 Å². The van der Waals surface area contributed by atoms with Gasteiger partial charge in [-0.05, 0) is 42.9 Å². The molecular weight excluding hydrogens is 297 g/mol. The molecule has 0 aliphatic heterocycles. The molecule has 1 fully saturated rings. The van der Waals surface area contributed by atoms with Crippen molar-refractivity contribution in [3.05, 3.63) is 34.1 Å². The third-order valence-electron chi connectivity index (χ3n) is 3.48. The van der Waals surface area contributed by atoms with Gasteiger partial charge in [0, 0.05) is 10.5 Å². The van der Waals surface area contributed by atoms with E-state index in [9.17, 15) is 9.18 Å². The molecule has 0 bridgehead atoms. The first-order valence-corrected chi connectivity index (χ1v) is 6.93. The van der Waals surface area contributed by atoms with Crippen LogP contribution in [0.2, 0.25) is 0 Å². The van der Waals surface area contributed by atoms with E-state index in [1.54, 1.807) is 6.07 Å². The van der Waals surface area contributed by atoms with E-state index in [4.69, 9.17) is 0 Å². The fraction of sp³-hybridized carbons (Fsp3) is 0.500. The van der Waals surface area contributed by atoms with E-state index in [1.807, 2.05) is 0 Å². The number of halogens is 2. The molecule has 1 aromatic rings. The second-order valence-corrected chi connectivity index (χ2v) is 6.62. The van der Waals surface area contributed by atoms with Gasteiger partial charge in [-0.25, -0.2) is 4.39 Å². The second-order valence-electron chi connectivity index (χ2n) is 5.70. The number of carbonyl (C=O) groups is 1. The van der Waals surface area contributed by atoms with Gasteiger partial charge in [-0.1, -0.05) is 29.8 Å². The van der Waals surface area contributed by atoms with Crippen LogP contribution in [0.3, 0.4) is 0 Å². The summed E-state index contributed by atoms with van der Waals surface area (Å²) in [5.41, 5.74) is 0.388. The number of hydrogen-bond donors (Lipinski definition) is 1. The molecule has 0 radical (unpaired) electrons. The van der Waals surface area contributed by atoms with Crippen molar-refractivity contribution in [2.75, 3.05) is 0 Å². The molecule has 2 rings (SSSR count). The van der Waals surface area contributed by atoms with E-state index in [0.29, 0.717) is 4.47 Å². The van der Waals surface area contributed by atoms with Crippen LogP contribution in [0.5, 0.6) is 0 Å². The van der Waals surface area contributed by atoms with Crippen LogP contribution in [-0.2, 0) is 0 Å². The lowest BCUT2D eigenvalue weighted by molar-refractivity contribution is 0.0932. The standard InChI is InChI=1S/C14H17BrFNO/c1-14(2)6-5-10(8-14)17-13(18)11-4-3-9(15)7-12(11)16/h3-4,7,10H,5-6,8H2,1-2H3,(H,17,18). The van der Waals surface area contributed by atoms with Gasteiger partial charge in [0.2, 0.25) is 0 Å². The predicted octanol–water partition coefficient (Wildman–Crippen LogP) is 3.90. The summed E-state index contributed by atoms with van der Waals surface area (Å²) in [7, 11) is 0. The van der Waals surface area contributed by atoms with Crippen molar-refractivity contribution in [3.63, 3.8) is 0 Å². The van der Waals surface area contributed by atoms with Gasteiger partial charge in [0.25, 0.3) is 5.91 Å². The van der Waals surface area contributed by atoms with Crippen molar-refractivity contribution in [1.29, 1.82) is 0 Å². The summed E-state index contributed by atoms with van der Waals surface area (Å²) in [6.45, 7) is 4.39.